The molecule has 0 bridgehead atoms. The van der Waals surface area contributed by atoms with E-state index in [1.165, 1.54) is 0 Å². The molecule has 0 unspecified atom stereocenters. The molecule has 0 atom stereocenters. The van der Waals surface area contributed by atoms with Gasteiger partial charge in [0.1, 0.15) is 5.75 Å². The third-order valence-electron chi connectivity index (χ3n) is 4.55. The lowest BCUT2D eigenvalue weighted by atomic mass is 10.1. The SMILES string of the molecule is COc1ccc(-n2nc(-c3ccccc3)cc2OC(=O)c2ccc(C)cc2)cc1. The Labute approximate surface area is 169 Å². The molecule has 0 saturated carbocycles. The van der Waals surface area contributed by atoms with E-state index in [2.05, 4.69) is 5.10 Å². The van der Waals surface area contributed by atoms with E-state index in [4.69, 9.17) is 9.47 Å². The van der Waals surface area contributed by atoms with Gasteiger partial charge in [0, 0.05) is 11.6 Å². The highest BCUT2D eigenvalue weighted by Gasteiger charge is 2.17. The summed E-state index contributed by atoms with van der Waals surface area (Å²) in [6.07, 6.45) is 0. The largest absolute Gasteiger partial charge is 0.497 e. The minimum atomic E-state index is -0.431. The highest BCUT2D eigenvalue weighted by Crippen LogP contribution is 2.27. The predicted molar refractivity (Wildman–Crippen MR) is 112 cm³/mol. The molecule has 144 valence electrons. The first kappa shape index (κ1) is 18.5. The molecule has 4 aromatic rings. The number of aromatic nitrogens is 2. The van der Waals surface area contributed by atoms with Gasteiger partial charge in [-0.15, -0.1) is 0 Å². The van der Waals surface area contributed by atoms with Crippen LogP contribution >= 0.6 is 0 Å². The van der Waals surface area contributed by atoms with Crippen molar-refractivity contribution in [2.45, 2.75) is 6.92 Å². The summed E-state index contributed by atoms with van der Waals surface area (Å²) in [5, 5.41) is 4.67. The number of carbonyl (C=O) groups is 1. The van der Waals surface area contributed by atoms with Gasteiger partial charge in [-0.1, -0.05) is 48.0 Å². The Morgan fingerprint density at radius 2 is 1.59 bits per heavy atom. The zero-order valence-corrected chi connectivity index (χ0v) is 16.2. The Morgan fingerprint density at radius 1 is 0.897 bits per heavy atom. The quantitative estimate of drug-likeness (QED) is 0.451. The standard InChI is InChI=1S/C24H20N2O3/c1-17-8-10-19(11-9-17)24(27)29-23-16-22(18-6-4-3-5-7-18)25-26(23)20-12-14-21(28-2)15-13-20/h3-16H,1-2H3. The van der Waals surface area contributed by atoms with Crippen LogP contribution in [0.1, 0.15) is 15.9 Å². The van der Waals surface area contributed by atoms with Crippen molar-refractivity contribution in [2.24, 2.45) is 0 Å². The smallest absolute Gasteiger partial charge is 0.344 e. The van der Waals surface area contributed by atoms with Gasteiger partial charge in [-0.25, -0.2) is 4.79 Å². The summed E-state index contributed by atoms with van der Waals surface area (Å²) in [5.41, 5.74) is 3.98. The molecule has 0 N–H and O–H groups in total. The Bertz CT molecular complexity index is 1120. The van der Waals surface area contributed by atoms with Crippen LogP contribution in [0.2, 0.25) is 0 Å². The first-order valence-corrected chi connectivity index (χ1v) is 9.23. The molecule has 29 heavy (non-hydrogen) atoms. The van der Waals surface area contributed by atoms with Gasteiger partial charge in [0.05, 0.1) is 24.1 Å². The second kappa shape index (κ2) is 8.02. The molecule has 5 heteroatoms. The van der Waals surface area contributed by atoms with Gasteiger partial charge in [-0.2, -0.15) is 9.78 Å². The van der Waals surface area contributed by atoms with Gasteiger partial charge in [0.2, 0.25) is 5.88 Å². The normalized spacial score (nSPS) is 10.6. The molecule has 0 aliphatic heterocycles. The van der Waals surface area contributed by atoms with Crippen LogP contribution in [0.4, 0.5) is 0 Å². The molecule has 0 aliphatic carbocycles. The van der Waals surface area contributed by atoms with Crippen molar-refractivity contribution in [3.63, 3.8) is 0 Å². The van der Waals surface area contributed by atoms with E-state index in [-0.39, 0.29) is 0 Å². The van der Waals surface area contributed by atoms with Gasteiger partial charge in [-0.3, -0.25) is 0 Å². The maximum absolute atomic E-state index is 12.7. The summed E-state index contributed by atoms with van der Waals surface area (Å²) in [7, 11) is 1.62. The monoisotopic (exact) mass is 384 g/mol. The molecule has 5 nitrogen and oxygen atoms in total. The average Bonchev–Trinajstić information content (AvgIpc) is 3.18. The maximum atomic E-state index is 12.7. The van der Waals surface area contributed by atoms with E-state index >= 15 is 0 Å². The third kappa shape index (κ3) is 4.04. The topological polar surface area (TPSA) is 53.4 Å². The van der Waals surface area contributed by atoms with Crippen molar-refractivity contribution in [3.05, 3.63) is 96.1 Å². The van der Waals surface area contributed by atoms with Crippen LogP contribution in [-0.2, 0) is 0 Å². The second-order valence-electron chi connectivity index (χ2n) is 6.60. The van der Waals surface area contributed by atoms with Gasteiger partial charge in [-0.05, 0) is 43.3 Å². The van der Waals surface area contributed by atoms with Crippen LogP contribution in [0.3, 0.4) is 0 Å². The fourth-order valence-electron chi connectivity index (χ4n) is 2.94. The van der Waals surface area contributed by atoms with Gasteiger partial charge in [0.15, 0.2) is 0 Å². The summed E-state index contributed by atoms with van der Waals surface area (Å²) in [6, 6.07) is 26.2. The first-order chi connectivity index (χ1) is 14.1. The van der Waals surface area contributed by atoms with Crippen LogP contribution in [0.15, 0.2) is 84.9 Å². The second-order valence-corrected chi connectivity index (χ2v) is 6.60. The summed E-state index contributed by atoms with van der Waals surface area (Å²) < 4.78 is 12.6. The minimum absolute atomic E-state index is 0.347. The van der Waals surface area contributed by atoms with Gasteiger partial charge in [0.25, 0.3) is 0 Å². The van der Waals surface area contributed by atoms with Gasteiger partial charge >= 0.3 is 5.97 Å². The number of hydrogen-bond donors (Lipinski definition) is 0. The number of methoxy groups -OCH3 is 1. The molecular weight excluding hydrogens is 364 g/mol. The Hall–Kier alpha value is -3.86. The maximum Gasteiger partial charge on any atom is 0.344 e. The first-order valence-electron chi connectivity index (χ1n) is 9.23. The fraction of sp³-hybridized carbons (Fsp3) is 0.0833. The molecule has 0 fully saturated rings. The molecule has 1 aromatic heterocycles. The number of ether oxygens (including phenoxy) is 2. The van der Waals surface area contributed by atoms with Gasteiger partial charge < -0.3 is 9.47 Å². The van der Waals surface area contributed by atoms with E-state index in [0.29, 0.717) is 17.1 Å². The van der Waals surface area contributed by atoms with E-state index in [9.17, 15) is 4.79 Å². The van der Waals surface area contributed by atoms with Crippen LogP contribution in [0, 0.1) is 6.92 Å². The Morgan fingerprint density at radius 3 is 2.24 bits per heavy atom. The number of hydrogen-bond acceptors (Lipinski definition) is 4. The van der Waals surface area contributed by atoms with Crippen molar-refractivity contribution in [1.82, 2.24) is 9.78 Å². The summed E-state index contributed by atoms with van der Waals surface area (Å²) in [6.45, 7) is 1.97. The van der Waals surface area contributed by atoms with Crippen molar-refractivity contribution < 1.29 is 14.3 Å². The molecular formula is C24H20N2O3. The molecule has 0 saturated heterocycles. The lowest BCUT2D eigenvalue weighted by molar-refractivity contribution is 0.0723. The van der Waals surface area contributed by atoms with Crippen molar-refractivity contribution in [2.75, 3.05) is 7.11 Å². The van der Waals surface area contributed by atoms with Crippen LogP contribution in [0.5, 0.6) is 11.6 Å². The zero-order chi connectivity index (χ0) is 20.2. The van der Waals surface area contributed by atoms with E-state index in [1.54, 1.807) is 30.0 Å². The molecule has 0 aliphatic rings. The zero-order valence-electron chi connectivity index (χ0n) is 16.2. The molecule has 3 aromatic carbocycles. The molecule has 0 amide bonds. The Balaban J connectivity index is 1.73. The number of carbonyl (C=O) groups excluding carboxylic acids is 1. The van der Waals surface area contributed by atoms with Crippen molar-refractivity contribution in [1.29, 1.82) is 0 Å². The average molecular weight is 384 g/mol. The highest BCUT2D eigenvalue weighted by molar-refractivity contribution is 5.91. The fourth-order valence-corrected chi connectivity index (χ4v) is 2.94. The lowest BCUT2D eigenvalue weighted by Gasteiger charge is -2.09. The van der Waals surface area contributed by atoms with E-state index in [0.717, 1.165) is 22.6 Å². The van der Waals surface area contributed by atoms with Crippen LogP contribution in [0.25, 0.3) is 16.9 Å². The molecule has 0 spiro atoms. The van der Waals surface area contributed by atoms with Crippen LogP contribution in [-0.4, -0.2) is 22.9 Å². The summed E-state index contributed by atoms with van der Waals surface area (Å²) in [5.74, 6) is 0.654. The van der Waals surface area contributed by atoms with E-state index < -0.39 is 5.97 Å². The number of benzene rings is 3. The van der Waals surface area contributed by atoms with Crippen LogP contribution < -0.4 is 9.47 Å². The number of aryl methyl sites for hydroxylation is 1. The highest BCUT2D eigenvalue weighted by atomic mass is 16.5. The molecule has 4 rings (SSSR count). The minimum Gasteiger partial charge on any atom is -0.497 e. The number of esters is 1. The third-order valence-corrected chi connectivity index (χ3v) is 4.55. The lowest BCUT2D eigenvalue weighted by Crippen LogP contribution is -2.11. The van der Waals surface area contributed by atoms with E-state index in [1.807, 2.05) is 73.7 Å². The summed E-state index contributed by atoms with van der Waals surface area (Å²) in [4.78, 5) is 12.7. The molecule has 0 radical (unpaired) electrons. The summed E-state index contributed by atoms with van der Waals surface area (Å²) >= 11 is 0. The van der Waals surface area contributed by atoms with Crippen molar-refractivity contribution >= 4 is 5.97 Å². The van der Waals surface area contributed by atoms with Crippen molar-refractivity contribution in [3.8, 4) is 28.6 Å². The molecule has 1 heterocycles. The number of rotatable bonds is 5. The Kier molecular flexibility index (Phi) is 5.12. The number of nitrogens with zero attached hydrogens (tertiary/aromatic N) is 2. The predicted octanol–water partition coefficient (Wildman–Crippen LogP) is 5.08.